The van der Waals surface area contributed by atoms with Crippen LogP contribution in [0.4, 0.5) is 15.3 Å². The highest BCUT2D eigenvalue weighted by atomic mass is 16.2. The number of nitrogens with one attached hydrogen (secondary N) is 1. The first-order chi connectivity index (χ1) is 17.6. The van der Waals surface area contributed by atoms with E-state index in [4.69, 9.17) is 0 Å². The van der Waals surface area contributed by atoms with E-state index < -0.39 is 41.1 Å². The van der Waals surface area contributed by atoms with Crippen molar-refractivity contribution in [2.24, 2.45) is 5.41 Å². The number of hydrogen-bond donors (Lipinski definition) is 1. The molecular weight excluding hydrogens is 478 g/mol. The van der Waals surface area contributed by atoms with Gasteiger partial charge < -0.3 is 4.90 Å². The molecule has 1 unspecified atom stereocenters. The number of urea groups is 2. The second-order valence-electron chi connectivity index (χ2n) is 10.0. The lowest BCUT2D eigenvalue weighted by atomic mass is 9.68. The van der Waals surface area contributed by atoms with Gasteiger partial charge in [0, 0.05) is 32.9 Å². The minimum Gasteiger partial charge on any atom is -0.367 e. The standard InChI is InChI=1S/C26H29N5O6/c1-4-5-10-31-21(33)17(20(32)27-24(31)36)13-15-8-9-18-16(12-15)14-26(19-7-6-11-30(18)19)22(34)28(2)25(37)29(3)23(26)35/h8-9,12-13,19H,4-7,10-11,14H2,1-3H3,(H,27,32,36)/b17-13+. The Kier molecular flexibility index (Phi) is 5.88. The number of hydrogen-bond acceptors (Lipinski definition) is 7. The third-order valence-corrected chi connectivity index (χ3v) is 7.88. The first-order valence-electron chi connectivity index (χ1n) is 12.5. The first-order valence-corrected chi connectivity index (χ1v) is 12.5. The molecule has 3 saturated heterocycles. The summed E-state index contributed by atoms with van der Waals surface area (Å²) in [6.07, 6.45) is 4.37. The predicted molar refractivity (Wildman–Crippen MR) is 132 cm³/mol. The molecule has 0 aromatic heterocycles. The van der Waals surface area contributed by atoms with Crippen LogP contribution >= 0.6 is 0 Å². The minimum atomic E-state index is -1.44. The summed E-state index contributed by atoms with van der Waals surface area (Å²) in [6.45, 7) is 2.81. The molecular formula is C26H29N5O6. The summed E-state index contributed by atoms with van der Waals surface area (Å²) in [5.74, 6) is -2.45. The number of amides is 8. The Morgan fingerprint density at radius 2 is 1.76 bits per heavy atom. The SMILES string of the molecule is CCCCN1C(=O)NC(=O)/C(=C\c2ccc3c(c2)CC2(C(=O)N(C)C(=O)N(C)C2=O)C2CCCN32)C1=O. The molecule has 4 heterocycles. The van der Waals surface area contributed by atoms with Gasteiger partial charge in [0.1, 0.15) is 5.57 Å². The van der Waals surface area contributed by atoms with Crippen molar-refractivity contribution < 1.29 is 28.8 Å². The zero-order valence-corrected chi connectivity index (χ0v) is 21.1. The molecule has 4 aliphatic rings. The van der Waals surface area contributed by atoms with Gasteiger partial charge in [-0.1, -0.05) is 19.4 Å². The molecule has 5 rings (SSSR count). The number of carbonyl (C=O) groups excluding carboxylic acids is 6. The average molecular weight is 508 g/mol. The van der Waals surface area contributed by atoms with Crippen LogP contribution in [-0.4, -0.2) is 83.6 Å². The summed E-state index contributed by atoms with van der Waals surface area (Å²) in [5, 5.41) is 2.22. The highest BCUT2D eigenvalue weighted by molar-refractivity contribution is 6.31. The van der Waals surface area contributed by atoms with Gasteiger partial charge in [0.15, 0.2) is 5.41 Å². The van der Waals surface area contributed by atoms with Gasteiger partial charge >= 0.3 is 12.1 Å². The Morgan fingerprint density at radius 1 is 1.05 bits per heavy atom. The molecule has 0 bridgehead atoms. The van der Waals surface area contributed by atoms with Crippen LogP contribution in [0.5, 0.6) is 0 Å². The summed E-state index contributed by atoms with van der Waals surface area (Å²) in [7, 11) is 2.79. The largest absolute Gasteiger partial charge is 0.367 e. The van der Waals surface area contributed by atoms with Gasteiger partial charge in [-0.3, -0.25) is 39.2 Å². The highest BCUT2D eigenvalue weighted by Gasteiger charge is 2.63. The first kappa shape index (κ1) is 24.7. The zero-order chi connectivity index (χ0) is 26.6. The lowest BCUT2D eigenvalue weighted by Crippen LogP contribution is -2.70. The van der Waals surface area contributed by atoms with Crippen molar-refractivity contribution in [1.29, 1.82) is 0 Å². The number of barbiturate groups is 2. The van der Waals surface area contributed by atoms with Crippen molar-refractivity contribution >= 4 is 47.5 Å². The number of carbonyl (C=O) groups is 6. The molecule has 3 fully saturated rings. The number of unbranched alkanes of at least 4 members (excludes halogenated alkanes) is 1. The molecule has 1 atom stereocenters. The fourth-order valence-corrected chi connectivity index (χ4v) is 6.01. The van der Waals surface area contributed by atoms with Crippen LogP contribution in [0.3, 0.4) is 0 Å². The quantitative estimate of drug-likeness (QED) is 0.372. The molecule has 11 nitrogen and oxygen atoms in total. The van der Waals surface area contributed by atoms with E-state index in [9.17, 15) is 28.8 Å². The lowest BCUT2D eigenvalue weighted by Gasteiger charge is -2.50. The van der Waals surface area contributed by atoms with Crippen LogP contribution in [-0.2, 0) is 25.6 Å². The summed E-state index contributed by atoms with van der Waals surface area (Å²) < 4.78 is 0. The maximum Gasteiger partial charge on any atom is 0.332 e. The Bertz CT molecular complexity index is 1260. The molecule has 0 radical (unpaired) electrons. The maximum absolute atomic E-state index is 13.5. The Labute approximate surface area is 214 Å². The molecule has 0 saturated carbocycles. The van der Waals surface area contributed by atoms with Crippen molar-refractivity contribution in [2.75, 3.05) is 32.1 Å². The number of rotatable bonds is 4. The predicted octanol–water partition coefficient (Wildman–Crippen LogP) is 1.51. The van der Waals surface area contributed by atoms with Crippen LogP contribution in [0, 0.1) is 5.41 Å². The third kappa shape index (κ3) is 3.55. The van der Waals surface area contributed by atoms with Gasteiger partial charge in [0.2, 0.25) is 11.8 Å². The normalized spacial score (nSPS) is 24.3. The molecule has 11 heteroatoms. The monoisotopic (exact) mass is 507 g/mol. The van der Waals surface area contributed by atoms with Crippen molar-refractivity contribution in [3.8, 4) is 0 Å². The van der Waals surface area contributed by atoms with E-state index in [0.29, 0.717) is 30.5 Å². The van der Waals surface area contributed by atoms with Crippen LogP contribution in [0.15, 0.2) is 23.8 Å². The van der Waals surface area contributed by atoms with E-state index in [2.05, 4.69) is 10.2 Å². The summed E-state index contributed by atoms with van der Waals surface area (Å²) in [6, 6.07) is 3.66. The smallest absolute Gasteiger partial charge is 0.332 e. The van der Waals surface area contributed by atoms with Crippen LogP contribution < -0.4 is 10.2 Å². The molecule has 1 spiro atoms. The fraction of sp³-hybridized carbons (Fsp3) is 0.462. The van der Waals surface area contributed by atoms with E-state index in [1.165, 1.54) is 20.2 Å². The molecule has 1 aromatic rings. The van der Waals surface area contributed by atoms with E-state index in [1.54, 1.807) is 12.1 Å². The Hall–Kier alpha value is -4.02. The zero-order valence-electron chi connectivity index (χ0n) is 21.1. The van der Waals surface area contributed by atoms with Gasteiger partial charge in [-0.15, -0.1) is 0 Å². The second-order valence-corrected chi connectivity index (χ2v) is 10.0. The summed E-state index contributed by atoms with van der Waals surface area (Å²) in [4.78, 5) is 82.3. The van der Waals surface area contributed by atoms with Gasteiger partial charge in [-0.2, -0.15) is 0 Å². The van der Waals surface area contributed by atoms with E-state index in [-0.39, 0.29) is 24.6 Å². The number of imide groups is 4. The van der Waals surface area contributed by atoms with E-state index in [1.807, 2.05) is 13.0 Å². The Morgan fingerprint density at radius 3 is 2.43 bits per heavy atom. The van der Waals surface area contributed by atoms with E-state index >= 15 is 0 Å². The van der Waals surface area contributed by atoms with Crippen molar-refractivity contribution in [2.45, 2.75) is 45.1 Å². The molecule has 0 aliphatic carbocycles. The maximum atomic E-state index is 13.5. The van der Waals surface area contributed by atoms with Crippen molar-refractivity contribution in [3.05, 3.63) is 34.9 Å². The highest BCUT2D eigenvalue weighted by Crippen LogP contribution is 2.49. The van der Waals surface area contributed by atoms with Crippen LogP contribution in [0.2, 0.25) is 0 Å². The van der Waals surface area contributed by atoms with Gasteiger partial charge in [0.25, 0.3) is 11.8 Å². The fourth-order valence-electron chi connectivity index (χ4n) is 6.01. The average Bonchev–Trinajstić information content (AvgIpc) is 3.38. The summed E-state index contributed by atoms with van der Waals surface area (Å²) >= 11 is 0. The number of anilines is 1. The van der Waals surface area contributed by atoms with Gasteiger partial charge in [-0.05, 0) is 55.0 Å². The molecule has 1 N–H and O–H groups in total. The van der Waals surface area contributed by atoms with Crippen molar-refractivity contribution in [1.82, 2.24) is 20.0 Å². The van der Waals surface area contributed by atoms with Gasteiger partial charge in [-0.25, -0.2) is 9.59 Å². The van der Waals surface area contributed by atoms with Crippen LogP contribution in [0.1, 0.15) is 43.7 Å². The molecule has 1 aromatic carbocycles. The Balaban J connectivity index is 1.55. The molecule has 37 heavy (non-hydrogen) atoms. The molecule has 4 aliphatic heterocycles. The molecule has 194 valence electrons. The van der Waals surface area contributed by atoms with Crippen molar-refractivity contribution in [3.63, 3.8) is 0 Å². The van der Waals surface area contributed by atoms with Crippen LogP contribution in [0.25, 0.3) is 6.08 Å². The second kappa shape index (κ2) is 8.82. The number of nitrogens with zero attached hydrogens (tertiary/aromatic N) is 4. The van der Waals surface area contributed by atoms with E-state index in [0.717, 1.165) is 33.2 Å². The summed E-state index contributed by atoms with van der Waals surface area (Å²) in [5.41, 5.74) is 0.539. The lowest BCUT2D eigenvalue weighted by molar-refractivity contribution is -0.159. The number of fused-ring (bicyclic) bond motifs is 4. The minimum absolute atomic E-state index is 0.0986. The molecule has 8 amide bonds. The number of benzene rings is 1. The van der Waals surface area contributed by atoms with Gasteiger partial charge in [0.05, 0.1) is 6.04 Å². The topological polar surface area (TPSA) is 127 Å². The third-order valence-electron chi connectivity index (χ3n) is 7.88.